The predicted octanol–water partition coefficient (Wildman–Crippen LogP) is 3.39. The largest absolute Gasteiger partial charge is 0.463 e. The summed E-state index contributed by atoms with van der Waals surface area (Å²) in [6, 6.07) is 6.99. The molecule has 1 fully saturated rings. The van der Waals surface area contributed by atoms with Crippen LogP contribution in [0.4, 0.5) is 0 Å². The molecule has 0 amide bonds. The molecule has 0 unspecified atom stereocenters. The van der Waals surface area contributed by atoms with Crippen LogP contribution in [0, 0.1) is 11.8 Å². The molecule has 1 aromatic rings. The molecule has 7 heteroatoms. The predicted molar refractivity (Wildman–Crippen MR) is 107 cm³/mol. The number of ketones is 1. The van der Waals surface area contributed by atoms with Crippen LogP contribution in [0.25, 0.3) is 0 Å². The molecule has 0 aliphatic heterocycles. The van der Waals surface area contributed by atoms with Gasteiger partial charge in [-0.05, 0) is 52.3 Å². The van der Waals surface area contributed by atoms with Gasteiger partial charge in [0, 0.05) is 16.8 Å². The molecule has 1 saturated carbocycles. The van der Waals surface area contributed by atoms with Gasteiger partial charge in [-0.1, -0.05) is 28.1 Å². The summed E-state index contributed by atoms with van der Waals surface area (Å²) in [7, 11) is 0. The average molecular weight is 455 g/mol. The Morgan fingerprint density at radius 2 is 1.57 bits per heavy atom. The molecule has 0 aromatic heterocycles. The number of esters is 2. The summed E-state index contributed by atoms with van der Waals surface area (Å²) in [5, 5.41) is 11.0. The Morgan fingerprint density at radius 1 is 1.07 bits per heavy atom. The van der Waals surface area contributed by atoms with Crippen molar-refractivity contribution in [3.05, 3.63) is 34.3 Å². The zero-order valence-corrected chi connectivity index (χ0v) is 18.4. The summed E-state index contributed by atoms with van der Waals surface area (Å²) < 4.78 is 11.5. The first-order chi connectivity index (χ1) is 12.9. The molecular weight excluding hydrogens is 428 g/mol. The van der Waals surface area contributed by atoms with E-state index in [0.29, 0.717) is 5.56 Å². The molecule has 0 bridgehead atoms. The number of halogens is 1. The van der Waals surface area contributed by atoms with E-state index < -0.39 is 53.3 Å². The van der Waals surface area contributed by atoms with Crippen LogP contribution in [0.3, 0.4) is 0 Å². The van der Waals surface area contributed by atoms with Gasteiger partial charge in [0.25, 0.3) is 0 Å². The van der Waals surface area contributed by atoms with E-state index >= 15 is 0 Å². The molecule has 4 atom stereocenters. The fourth-order valence-electron chi connectivity index (χ4n) is 3.71. The van der Waals surface area contributed by atoms with Crippen molar-refractivity contribution in [3.63, 3.8) is 0 Å². The molecule has 1 N–H and O–H groups in total. The standard InChI is InChI=1S/C21H27BrO6/c1-11(2)27-19(24)17-15(23)10-21(5,26)18(20(25)28-12(3)4)16(17)13-6-8-14(22)9-7-13/h6-9,11-12,16-18,26H,10H2,1-5H3/t16-,17-,18-,21+/m0/s1. The minimum atomic E-state index is -1.64. The van der Waals surface area contributed by atoms with Gasteiger partial charge in [-0.15, -0.1) is 0 Å². The van der Waals surface area contributed by atoms with Crippen molar-refractivity contribution in [1.82, 2.24) is 0 Å². The summed E-state index contributed by atoms with van der Waals surface area (Å²) in [6.07, 6.45) is -1.13. The SMILES string of the molecule is CC(C)OC(=O)[C@H]1C(=O)C[C@@](C)(O)[C@H](C(=O)OC(C)C)[C@H]1c1ccc(Br)cc1. The minimum Gasteiger partial charge on any atom is -0.463 e. The lowest BCUT2D eigenvalue weighted by Crippen LogP contribution is -2.55. The van der Waals surface area contributed by atoms with Gasteiger partial charge in [-0.25, -0.2) is 0 Å². The smallest absolute Gasteiger partial charge is 0.317 e. The molecule has 1 aliphatic carbocycles. The third-order valence-electron chi connectivity index (χ3n) is 4.73. The molecular formula is C21H27BrO6. The van der Waals surface area contributed by atoms with Gasteiger partial charge in [0.05, 0.1) is 23.7 Å². The topological polar surface area (TPSA) is 89.9 Å². The van der Waals surface area contributed by atoms with Crippen LogP contribution in [-0.2, 0) is 23.9 Å². The van der Waals surface area contributed by atoms with Crippen LogP contribution >= 0.6 is 15.9 Å². The lowest BCUT2D eigenvalue weighted by molar-refractivity contribution is -0.176. The maximum Gasteiger partial charge on any atom is 0.317 e. The normalized spacial score (nSPS) is 27.8. The van der Waals surface area contributed by atoms with E-state index in [0.717, 1.165) is 4.47 Å². The van der Waals surface area contributed by atoms with Gasteiger partial charge in [-0.2, -0.15) is 0 Å². The van der Waals surface area contributed by atoms with E-state index in [1.807, 2.05) is 0 Å². The molecule has 154 valence electrons. The Bertz CT molecular complexity index is 730. The Kier molecular flexibility index (Phi) is 7.04. The number of Topliss-reactive ketones (excluding diaryl/α,β-unsaturated/α-hetero) is 1. The number of ether oxygens (including phenoxy) is 2. The summed E-state index contributed by atoms with van der Waals surface area (Å²) in [5.41, 5.74) is -1.05. The Hall–Kier alpha value is -1.73. The second kappa shape index (κ2) is 8.74. The quantitative estimate of drug-likeness (QED) is 0.541. The number of hydrogen-bond donors (Lipinski definition) is 1. The first kappa shape index (κ1) is 22.6. The molecule has 0 spiro atoms. The summed E-state index contributed by atoms with van der Waals surface area (Å²) in [6.45, 7) is 8.24. The van der Waals surface area contributed by atoms with E-state index in [-0.39, 0.29) is 6.42 Å². The lowest BCUT2D eigenvalue weighted by atomic mass is 9.61. The van der Waals surface area contributed by atoms with Crippen molar-refractivity contribution >= 4 is 33.7 Å². The lowest BCUT2D eigenvalue weighted by Gasteiger charge is -2.44. The number of aliphatic hydroxyl groups is 1. The fraction of sp³-hybridized carbons (Fsp3) is 0.571. The van der Waals surface area contributed by atoms with Crippen LogP contribution in [0.15, 0.2) is 28.7 Å². The van der Waals surface area contributed by atoms with Crippen molar-refractivity contribution in [1.29, 1.82) is 0 Å². The van der Waals surface area contributed by atoms with Crippen molar-refractivity contribution < 1.29 is 29.0 Å². The zero-order valence-electron chi connectivity index (χ0n) is 16.8. The second-order valence-corrected chi connectivity index (χ2v) is 8.92. The molecule has 1 aliphatic rings. The molecule has 0 heterocycles. The van der Waals surface area contributed by atoms with Crippen molar-refractivity contribution in [2.24, 2.45) is 11.8 Å². The van der Waals surface area contributed by atoms with E-state index in [1.54, 1.807) is 52.0 Å². The molecule has 2 rings (SSSR count). The average Bonchev–Trinajstić information content (AvgIpc) is 2.52. The summed E-state index contributed by atoms with van der Waals surface area (Å²) >= 11 is 3.36. The number of rotatable bonds is 5. The van der Waals surface area contributed by atoms with Gasteiger partial charge in [0.1, 0.15) is 5.92 Å². The van der Waals surface area contributed by atoms with E-state index in [9.17, 15) is 19.5 Å². The maximum absolute atomic E-state index is 12.9. The molecule has 0 radical (unpaired) electrons. The van der Waals surface area contributed by atoms with Gasteiger partial charge in [-0.3, -0.25) is 14.4 Å². The monoisotopic (exact) mass is 454 g/mol. The highest BCUT2D eigenvalue weighted by molar-refractivity contribution is 9.10. The molecule has 28 heavy (non-hydrogen) atoms. The molecule has 6 nitrogen and oxygen atoms in total. The Balaban J connectivity index is 2.59. The van der Waals surface area contributed by atoms with Crippen LogP contribution < -0.4 is 0 Å². The van der Waals surface area contributed by atoms with Crippen molar-refractivity contribution in [2.75, 3.05) is 0 Å². The first-order valence-electron chi connectivity index (χ1n) is 9.35. The van der Waals surface area contributed by atoms with E-state index in [4.69, 9.17) is 9.47 Å². The van der Waals surface area contributed by atoms with Gasteiger partial charge >= 0.3 is 11.9 Å². The van der Waals surface area contributed by atoms with Crippen LogP contribution in [0.5, 0.6) is 0 Å². The van der Waals surface area contributed by atoms with E-state index in [2.05, 4.69) is 15.9 Å². The molecule has 0 saturated heterocycles. The van der Waals surface area contributed by atoms with Crippen LogP contribution in [0.1, 0.15) is 52.5 Å². The van der Waals surface area contributed by atoms with Crippen molar-refractivity contribution in [2.45, 2.75) is 64.8 Å². The van der Waals surface area contributed by atoms with E-state index in [1.165, 1.54) is 6.92 Å². The van der Waals surface area contributed by atoms with Gasteiger partial charge in [0.15, 0.2) is 5.78 Å². The Labute approximate surface area is 173 Å². The van der Waals surface area contributed by atoms with Gasteiger partial charge < -0.3 is 14.6 Å². The highest BCUT2D eigenvalue weighted by Gasteiger charge is 2.57. The Morgan fingerprint density at radius 3 is 2.07 bits per heavy atom. The third kappa shape index (κ3) is 5.00. The maximum atomic E-state index is 12.9. The van der Waals surface area contributed by atoms with Crippen LogP contribution in [0.2, 0.25) is 0 Å². The van der Waals surface area contributed by atoms with Gasteiger partial charge in [0.2, 0.25) is 0 Å². The minimum absolute atomic E-state index is 0.324. The number of hydrogen-bond acceptors (Lipinski definition) is 6. The number of carbonyl (C=O) groups excluding carboxylic acids is 3. The number of carbonyl (C=O) groups is 3. The second-order valence-electron chi connectivity index (χ2n) is 8.00. The number of benzene rings is 1. The first-order valence-corrected chi connectivity index (χ1v) is 10.1. The summed E-state index contributed by atoms with van der Waals surface area (Å²) in [4.78, 5) is 38.6. The highest BCUT2D eigenvalue weighted by Crippen LogP contribution is 2.47. The fourth-order valence-corrected chi connectivity index (χ4v) is 3.98. The van der Waals surface area contributed by atoms with Crippen molar-refractivity contribution in [3.8, 4) is 0 Å². The zero-order chi connectivity index (χ0) is 21.2. The summed E-state index contributed by atoms with van der Waals surface area (Å²) in [5.74, 6) is -4.93. The highest BCUT2D eigenvalue weighted by atomic mass is 79.9. The third-order valence-corrected chi connectivity index (χ3v) is 5.26. The van der Waals surface area contributed by atoms with Crippen LogP contribution in [-0.4, -0.2) is 40.6 Å². The molecule has 1 aromatic carbocycles.